The number of nitrogens with one attached hydrogen (secondary N) is 1. The van der Waals surface area contributed by atoms with E-state index in [9.17, 15) is 5.11 Å². The number of benzene rings is 1. The van der Waals surface area contributed by atoms with Crippen molar-refractivity contribution in [2.45, 2.75) is 64.8 Å². The van der Waals surface area contributed by atoms with Gasteiger partial charge in [-0.1, -0.05) is 69.7 Å². The summed E-state index contributed by atoms with van der Waals surface area (Å²) >= 11 is 6.03. The molecule has 1 aromatic rings. The maximum Gasteiger partial charge on any atom is 0.0471 e. The second-order valence-corrected chi connectivity index (χ2v) is 8.37. The molecule has 1 fully saturated rings. The van der Waals surface area contributed by atoms with Crippen LogP contribution in [0.2, 0.25) is 5.02 Å². The second-order valence-electron chi connectivity index (χ2n) is 7.93. The van der Waals surface area contributed by atoms with Gasteiger partial charge in [-0.2, -0.15) is 0 Å². The molecule has 0 spiro atoms. The topological polar surface area (TPSA) is 32.3 Å². The molecule has 0 radical (unpaired) electrons. The highest BCUT2D eigenvalue weighted by molar-refractivity contribution is 6.30. The van der Waals surface area contributed by atoms with Crippen LogP contribution in [-0.4, -0.2) is 18.3 Å². The van der Waals surface area contributed by atoms with Gasteiger partial charge in [0.25, 0.3) is 0 Å². The fraction of sp³-hybridized carbons (Fsp3) is 0.714. The van der Waals surface area contributed by atoms with Gasteiger partial charge in [0.15, 0.2) is 0 Å². The Morgan fingerprint density at radius 3 is 2.38 bits per heavy atom. The summed E-state index contributed by atoms with van der Waals surface area (Å²) in [4.78, 5) is 0. The van der Waals surface area contributed by atoms with Crippen LogP contribution in [-0.2, 0) is 0 Å². The Kier molecular flexibility index (Phi) is 8.58. The van der Waals surface area contributed by atoms with Crippen LogP contribution < -0.4 is 5.32 Å². The van der Waals surface area contributed by atoms with E-state index in [1.165, 1.54) is 44.1 Å². The Morgan fingerprint density at radius 2 is 1.79 bits per heavy atom. The third-order valence-corrected chi connectivity index (χ3v) is 5.53. The molecule has 0 bridgehead atoms. The van der Waals surface area contributed by atoms with Crippen molar-refractivity contribution in [1.29, 1.82) is 0 Å². The number of halogens is 1. The molecule has 2 rings (SSSR count). The Labute approximate surface area is 153 Å². The predicted octanol–water partition coefficient (Wildman–Crippen LogP) is 5.60. The zero-order valence-corrected chi connectivity index (χ0v) is 16.1. The van der Waals surface area contributed by atoms with Crippen molar-refractivity contribution in [2.75, 3.05) is 13.2 Å². The summed E-state index contributed by atoms with van der Waals surface area (Å²) in [6.07, 6.45) is 9.10. The normalized spacial score (nSPS) is 18.7. The van der Waals surface area contributed by atoms with Crippen LogP contribution in [0.3, 0.4) is 0 Å². The van der Waals surface area contributed by atoms with Gasteiger partial charge in [-0.3, -0.25) is 0 Å². The molecule has 1 saturated carbocycles. The molecule has 1 aliphatic rings. The van der Waals surface area contributed by atoms with E-state index in [1.807, 2.05) is 12.1 Å². The Balaban J connectivity index is 1.90. The maximum atomic E-state index is 9.80. The first-order valence-electron chi connectivity index (χ1n) is 9.68. The highest BCUT2D eigenvalue weighted by atomic mass is 35.5. The molecule has 2 atom stereocenters. The van der Waals surface area contributed by atoms with E-state index < -0.39 is 0 Å². The molecule has 2 N–H and O–H groups in total. The lowest BCUT2D eigenvalue weighted by Gasteiger charge is -2.28. The first-order valence-corrected chi connectivity index (χ1v) is 10.1. The van der Waals surface area contributed by atoms with Crippen LogP contribution >= 0.6 is 11.6 Å². The lowest BCUT2D eigenvalue weighted by atomic mass is 9.83. The summed E-state index contributed by atoms with van der Waals surface area (Å²) in [5.74, 6) is 1.82. The minimum Gasteiger partial charge on any atom is -0.396 e. The van der Waals surface area contributed by atoms with Crippen molar-refractivity contribution in [3.05, 3.63) is 34.9 Å². The number of rotatable bonds is 9. The summed E-state index contributed by atoms with van der Waals surface area (Å²) in [7, 11) is 0. The van der Waals surface area contributed by atoms with Crippen LogP contribution in [0.1, 0.15) is 70.4 Å². The van der Waals surface area contributed by atoms with Crippen molar-refractivity contribution >= 4 is 11.6 Å². The molecule has 2 unspecified atom stereocenters. The molecule has 0 aliphatic heterocycles. The maximum absolute atomic E-state index is 9.80. The third-order valence-electron chi connectivity index (χ3n) is 5.28. The number of aliphatic hydroxyl groups is 1. The van der Waals surface area contributed by atoms with Crippen LogP contribution in [0, 0.1) is 17.8 Å². The first kappa shape index (κ1) is 19.8. The smallest absolute Gasteiger partial charge is 0.0471 e. The van der Waals surface area contributed by atoms with Crippen molar-refractivity contribution in [3.63, 3.8) is 0 Å². The van der Waals surface area contributed by atoms with Gasteiger partial charge in [0.05, 0.1) is 0 Å². The van der Waals surface area contributed by atoms with E-state index in [1.54, 1.807) is 0 Å². The average Bonchev–Trinajstić information content (AvgIpc) is 2.58. The van der Waals surface area contributed by atoms with Gasteiger partial charge in [0.1, 0.15) is 0 Å². The zero-order valence-electron chi connectivity index (χ0n) is 15.3. The van der Waals surface area contributed by atoms with Crippen molar-refractivity contribution in [2.24, 2.45) is 17.8 Å². The SMILES string of the molecule is CC(C)CC(NCC(CO)CC1CCCCC1)c1ccc(Cl)cc1. The molecule has 24 heavy (non-hydrogen) atoms. The Bertz CT molecular complexity index is 453. The molecule has 0 amide bonds. The Morgan fingerprint density at radius 1 is 1.12 bits per heavy atom. The van der Waals surface area contributed by atoms with Gasteiger partial charge >= 0.3 is 0 Å². The van der Waals surface area contributed by atoms with Gasteiger partial charge in [-0.15, -0.1) is 0 Å². The molecular weight excluding hydrogens is 318 g/mol. The Hall–Kier alpha value is -0.570. The minimum absolute atomic E-state index is 0.290. The van der Waals surface area contributed by atoms with Crippen LogP contribution in [0.5, 0.6) is 0 Å². The molecule has 0 heterocycles. The van der Waals surface area contributed by atoms with Gasteiger partial charge in [-0.05, 0) is 48.3 Å². The summed E-state index contributed by atoms with van der Waals surface area (Å²) in [6, 6.07) is 8.52. The van der Waals surface area contributed by atoms with E-state index in [-0.39, 0.29) is 0 Å². The van der Waals surface area contributed by atoms with Crippen molar-refractivity contribution in [3.8, 4) is 0 Å². The number of hydrogen-bond donors (Lipinski definition) is 2. The predicted molar refractivity (Wildman–Crippen MR) is 103 cm³/mol. The van der Waals surface area contributed by atoms with E-state index in [4.69, 9.17) is 11.6 Å². The van der Waals surface area contributed by atoms with E-state index in [2.05, 4.69) is 31.3 Å². The van der Waals surface area contributed by atoms with Crippen LogP contribution in [0.4, 0.5) is 0 Å². The van der Waals surface area contributed by atoms with Crippen molar-refractivity contribution < 1.29 is 5.11 Å². The molecule has 0 aromatic heterocycles. The van der Waals surface area contributed by atoms with Gasteiger partial charge in [0, 0.05) is 24.2 Å². The van der Waals surface area contributed by atoms with Crippen LogP contribution in [0.15, 0.2) is 24.3 Å². The molecule has 3 heteroatoms. The monoisotopic (exact) mass is 351 g/mol. The first-order chi connectivity index (χ1) is 11.6. The average molecular weight is 352 g/mol. The van der Waals surface area contributed by atoms with E-state index in [0.717, 1.165) is 23.9 Å². The summed E-state index contributed by atoms with van der Waals surface area (Å²) in [5.41, 5.74) is 1.29. The highest BCUT2D eigenvalue weighted by Crippen LogP contribution is 2.29. The van der Waals surface area contributed by atoms with Gasteiger partial charge < -0.3 is 10.4 Å². The number of aliphatic hydroxyl groups excluding tert-OH is 1. The molecule has 0 saturated heterocycles. The van der Waals surface area contributed by atoms with Gasteiger partial charge in [0.2, 0.25) is 0 Å². The summed E-state index contributed by atoms with van der Waals surface area (Å²) < 4.78 is 0. The standard InChI is InChI=1S/C21H34ClNO/c1-16(2)12-21(19-8-10-20(22)11-9-19)23-14-18(15-24)13-17-6-4-3-5-7-17/h8-11,16-18,21,23-24H,3-7,12-15H2,1-2H3. The van der Waals surface area contributed by atoms with Crippen LogP contribution in [0.25, 0.3) is 0 Å². The van der Waals surface area contributed by atoms with Crippen molar-refractivity contribution in [1.82, 2.24) is 5.32 Å². The minimum atomic E-state index is 0.290. The highest BCUT2D eigenvalue weighted by Gasteiger charge is 2.20. The summed E-state index contributed by atoms with van der Waals surface area (Å²) in [6.45, 7) is 5.71. The molecular formula is C21H34ClNO. The largest absolute Gasteiger partial charge is 0.396 e. The second kappa shape index (κ2) is 10.4. The number of hydrogen-bond acceptors (Lipinski definition) is 2. The zero-order chi connectivity index (χ0) is 17.4. The molecule has 1 aromatic carbocycles. The fourth-order valence-electron chi connectivity index (χ4n) is 3.93. The third kappa shape index (κ3) is 6.74. The fourth-order valence-corrected chi connectivity index (χ4v) is 4.06. The quantitative estimate of drug-likeness (QED) is 0.607. The molecule has 1 aliphatic carbocycles. The summed E-state index contributed by atoms with van der Waals surface area (Å²) in [5, 5.41) is 14.3. The lowest BCUT2D eigenvalue weighted by Crippen LogP contribution is -2.31. The molecule has 2 nitrogen and oxygen atoms in total. The lowest BCUT2D eigenvalue weighted by molar-refractivity contribution is 0.178. The van der Waals surface area contributed by atoms with Gasteiger partial charge in [-0.25, -0.2) is 0 Å². The molecule has 136 valence electrons. The van der Waals surface area contributed by atoms with E-state index >= 15 is 0 Å². The van der Waals surface area contributed by atoms with E-state index in [0.29, 0.717) is 24.5 Å².